The third kappa shape index (κ3) is 3.77. The Hall–Kier alpha value is -0.450. The highest BCUT2D eigenvalue weighted by Gasteiger charge is 2.20. The maximum absolute atomic E-state index is 13.0. The van der Waals surface area contributed by atoms with Gasteiger partial charge in [-0.2, -0.15) is 0 Å². The van der Waals surface area contributed by atoms with Crippen molar-refractivity contribution in [1.29, 1.82) is 0 Å². The summed E-state index contributed by atoms with van der Waals surface area (Å²) in [5, 5.41) is 0. The van der Waals surface area contributed by atoms with Gasteiger partial charge in [-0.25, -0.2) is 4.39 Å². The molecule has 1 aliphatic rings. The van der Waals surface area contributed by atoms with Crippen molar-refractivity contribution in [3.63, 3.8) is 0 Å². The van der Waals surface area contributed by atoms with Crippen molar-refractivity contribution in [3.05, 3.63) is 34.1 Å². The van der Waals surface area contributed by atoms with E-state index in [1.807, 2.05) is 13.0 Å². The van der Waals surface area contributed by atoms with Gasteiger partial charge in [-0.05, 0) is 44.0 Å². The molecule has 1 unspecified atom stereocenters. The first-order valence-corrected chi connectivity index (χ1v) is 7.26. The molecule has 1 aromatic rings. The highest BCUT2D eigenvalue weighted by atomic mass is 79.9. The van der Waals surface area contributed by atoms with E-state index in [-0.39, 0.29) is 5.82 Å². The summed E-state index contributed by atoms with van der Waals surface area (Å²) in [6.07, 6.45) is 2.67. The first kappa shape index (κ1) is 14.0. The van der Waals surface area contributed by atoms with Crippen molar-refractivity contribution in [2.75, 3.05) is 19.7 Å². The second kappa shape index (κ2) is 6.64. The van der Waals surface area contributed by atoms with E-state index in [2.05, 4.69) is 20.8 Å². The minimum atomic E-state index is -0.198. The summed E-state index contributed by atoms with van der Waals surface area (Å²) in [7, 11) is 0. The van der Waals surface area contributed by atoms with E-state index in [4.69, 9.17) is 4.74 Å². The number of likely N-dealkylation sites (tertiary alicyclic amines) is 1. The molecule has 0 bridgehead atoms. The Morgan fingerprint density at radius 2 is 2.33 bits per heavy atom. The normalized spacial score (nSPS) is 21.2. The molecule has 2 rings (SSSR count). The van der Waals surface area contributed by atoms with Gasteiger partial charge in [0.05, 0.1) is 6.10 Å². The summed E-state index contributed by atoms with van der Waals surface area (Å²) in [6.45, 7) is 5.73. The summed E-state index contributed by atoms with van der Waals surface area (Å²) >= 11 is 3.42. The van der Waals surface area contributed by atoms with Crippen LogP contribution in [0, 0.1) is 5.82 Å². The number of rotatable bonds is 4. The molecule has 0 spiro atoms. The van der Waals surface area contributed by atoms with E-state index in [1.54, 1.807) is 0 Å². The van der Waals surface area contributed by atoms with Gasteiger partial charge < -0.3 is 4.74 Å². The maximum Gasteiger partial charge on any atom is 0.124 e. The molecule has 1 fully saturated rings. The summed E-state index contributed by atoms with van der Waals surface area (Å²) in [5.74, 6) is -0.198. The van der Waals surface area contributed by atoms with Crippen LogP contribution < -0.4 is 0 Å². The summed E-state index contributed by atoms with van der Waals surface area (Å²) < 4.78 is 19.6. The topological polar surface area (TPSA) is 12.5 Å². The second-order valence-corrected chi connectivity index (χ2v) is 5.54. The van der Waals surface area contributed by atoms with Crippen molar-refractivity contribution in [2.45, 2.75) is 32.4 Å². The van der Waals surface area contributed by atoms with Crippen LogP contribution in [0.15, 0.2) is 22.7 Å². The van der Waals surface area contributed by atoms with Gasteiger partial charge >= 0.3 is 0 Å². The average Bonchev–Trinajstić information content (AvgIpc) is 2.34. The van der Waals surface area contributed by atoms with E-state index in [0.29, 0.717) is 6.10 Å². The standard InChI is InChI=1S/C14H19BrFNO/c1-2-18-13-4-3-7-17(10-13)9-11-5-6-12(16)8-14(11)15/h5-6,8,13H,2-4,7,9-10H2,1H3. The van der Waals surface area contributed by atoms with Crippen LogP contribution in [-0.2, 0) is 11.3 Å². The van der Waals surface area contributed by atoms with Crippen LogP contribution in [0.4, 0.5) is 4.39 Å². The van der Waals surface area contributed by atoms with Crippen LogP contribution in [0.2, 0.25) is 0 Å². The molecule has 2 nitrogen and oxygen atoms in total. The molecule has 1 saturated heterocycles. The van der Waals surface area contributed by atoms with Crippen LogP contribution in [0.25, 0.3) is 0 Å². The molecule has 18 heavy (non-hydrogen) atoms. The number of nitrogens with zero attached hydrogens (tertiary/aromatic N) is 1. The Bertz CT molecular complexity index is 397. The lowest BCUT2D eigenvalue weighted by atomic mass is 10.1. The second-order valence-electron chi connectivity index (χ2n) is 4.69. The van der Waals surface area contributed by atoms with Gasteiger partial charge in [0, 0.05) is 24.2 Å². The van der Waals surface area contributed by atoms with Crippen molar-refractivity contribution < 1.29 is 9.13 Å². The highest BCUT2D eigenvalue weighted by molar-refractivity contribution is 9.10. The SMILES string of the molecule is CCOC1CCCN(Cc2ccc(F)cc2Br)C1. The molecular formula is C14H19BrFNO. The fraction of sp³-hybridized carbons (Fsp3) is 0.571. The Morgan fingerprint density at radius 3 is 3.06 bits per heavy atom. The fourth-order valence-electron chi connectivity index (χ4n) is 2.42. The highest BCUT2D eigenvalue weighted by Crippen LogP contribution is 2.22. The zero-order valence-corrected chi connectivity index (χ0v) is 12.2. The summed E-state index contributed by atoms with van der Waals surface area (Å²) in [5.41, 5.74) is 1.13. The number of benzene rings is 1. The Balaban J connectivity index is 1.96. The molecule has 0 amide bonds. The largest absolute Gasteiger partial charge is 0.377 e. The molecule has 0 N–H and O–H groups in total. The monoisotopic (exact) mass is 315 g/mol. The Morgan fingerprint density at radius 1 is 1.50 bits per heavy atom. The number of piperidine rings is 1. The van der Waals surface area contributed by atoms with Gasteiger partial charge in [-0.15, -0.1) is 0 Å². The van der Waals surface area contributed by atoms with Gasteiger partial charge in [0.15, 0.2) is 0 Å². The van der Waals surface area contributed by atoms with Gasteiger partial charge in [0.2, 0.25) is 0 Å². The molecule has 1 aliphatic heterocycles. The number of halogens is 2. The summed E-state index contributed by atoms with van der Waals surface area (Å²) in [4.78, 5) is 2.38. The molecule has 1 heterocycles. The lowest BCUT2D eigenvalue weighted by molar-refractivity contribution is 0.00357. The maximum atomic E-state index is 13.0. The lowest BCUT2D eigenvalue weighted by Gasteiger charge is -2.32. The third-order valence-corrected chi connectivity index (χ3v) is 4.01. The summed E-state index contributed by atoms with van der Waals surface area (Å²) in [6, 6.07) is 4.90. The van der Waals surface area contributed by atoms with E-state index in [1.165, 1.54) is 18.6 Å². The number of hydrogen-bond donors (Lipinski definition) is 0. The predicted octanol–water partition coefficient (Wildman–Crippen LogP) is 3.59. The first-order chi connectivity index (χ1) is 8.69. The van der Waals surface area contributed by atoms with E-state index >= 15 is 0 Å². The quantitative estimate of drug-likeness (QED) is 0.842. The van der Waals surface area contributed by atoms with Crippen molar-refractivity contribution in [1.82, 2.24) is 4.90 Å². The van der Waals surface area contributed by atoms with Gasteiger partial charge in [0.1, 0.15) is 5.82 Å². The molecule has 4 heteroatoms. The van der Waals surface area contributed by atoms with Gasteiger partial charge in [0.25, 0.3) is 0 Å². The minimum absolute atomic E-state index is 0.198. The first-order valence-electron chi connectivity index (χ1n) is 6.47. The lowest BCUT2D eigenvalue weighted by Crippen LogP contribution is -2.39. The molecule has 0 radical (unpaired) electrons. The molecule has 1 atom stereocenters. The average molecular weight is 316 g/mol. The molecular weight excluding hydrogens is 297 g/mol. The van der Waals surface area contributed by atoms with Gasteiger partial charge in [-0.3, -0.25) is 4.90 Å². The van der Waals surface area contributed by atoms with Crippen LogP contribution >= 0.6 is 15.9 Å². The van der Waals surface area contributed by atoms with Crippen molar-refractivity contribution >= 4 is 15.9 Å². The molecule has 0 saturated carbocycles. The van der Waals surface area contributed by atoms with E-state index < -0.39 is 0 Å². The van der Waals surface area contributed by atoms with Crippen LogP contribution in [0.1, 0.15) is 25.3 Å². The van der Waals surface area contributed by atoms with Crippen molar-refractivity contribution in [3.8, 4) is 0 Å². The Labute approximate surface area is 116 Å². The van der Waals surface area contributed by atoms with E-state index in [9.17, 15) is 4.39 Å². The molecule has 100 valence electrons. The fourth-order valence-corrected chi connectivity index (χ4v) is 2.90. The molecule has 0 aliphatic carbocycles. The third-order valence-electron chi connectivity index (χ3n) is 3.27. The smallest absolute Gasteiger partial charge is 0.124 e. The van der Waals surface area contributed by atoms with Crippen LogP contribution in [0.3, 0.4) is 0 Å². The number of hydrogen-bond acceptors (Lipinski definition) is 2. The van der Waals surface area contributed by atoms with Crippen LogP contribution in [-0.4, -0.2) is 30.7 Å². The Kier molecular flexibility index (Phi) is 5.15. The molecule has 0 aromatic heterocycles. The van der Waals surface area contributed by atoms with Gasteiger partial charge in [-0.1, -0.05) is 22.0 Å². The van der Waals surface area contributed by atoms with E-state index in [0.717, 1.165) is 42.7 Å². The van der Waals surface area contributed by atoms with Crippen LogP contribution in [0.5, 0.6) is 0 Å². The zero-order valence-electron chi connectivity index (χ0n) is 10.7. The minimum Gasteiger partial charge on any atom is -0.377 e. The van der Waals surface area contributed by atoms with Crippen molar-refractivity contribution in [2.24, 2.45) is 0 Å². The molecule has 1 aromatic carbocycles. The number of ether oxygens (including phenoxy) is 1. The zero-order chi connectivity index (χ0) is 13.0. The predicted molar refractivity (Wildman–Crippen MR) is 74.0 cm³/mol.